The highest BCUT2D eigenvalue weighted by Gasteiger charge is 2.30. The van der Waals surface area contributed by atoms with Crippen LogP contribution in [0.25, 0.3) is 4.83 Å². The maximum absolute atomic E-state index is 13.6. The maximum atomic E-state index is 13.6. The summed E-state index contributed by atoms with van der Waals surface area (Å²) in [4.78, 5) is 21.3. The third kappa shape index (κ3) is 3.46. The van der Waals surface area contributed by atoms with Gasteiger partial charge in [-0.25, -0.2) is 9.37 Å². The molecule has 5 rings (SSSR count). The second-order valence-corrected chi connectivity index (χ2v) is 8.96. The van der Waals surface area contributed by atoms with Crippen molar-refractivity contribution in [2.75, 3.05) is 18.4 Å². The number of thiazole rings is 1. The van der Waals surface area contributed by atoms with Gasteiger partial charge in [0.25, 0.3) is 5.91 Å². The number of amides is 1. The minimum Gasteiger partial charge on any atom is -0.337 e. The second-order valence-electron chi connectivity index (χ2n) is 7.31. The van der Waals surface area contributed by atoms with Crippen LogP contribution in [0, 0.1) is 12.7 Å². The molecule has 1 aliphatic rings. The predicted octanol–water partition coefficient (Wildman–Crippen LogP) is 4.46. The van der Waals surface area contributed by atoms with Gasteiger partial charge in [-0.15, -0.1) is 16.4 Å². The zero-order valence-corrected chi connectivity index (χ0v) is 17.8. The molecule has 0 saturated carbocycles. The number of nitrogens with zero attached hydrogens (tertiary/aromatic N) is 5. The fourth-order valence-electron chi connectivity index (χ4n) is 3.85. The summed E-state index contributed by atoms with van der Waals surface area (Å²) in [6, 6.07) is 6.33. The minimum absolute atomic E-state index is 0.00746. The number of hydrogen-bond donors (Lipinski definition) is 1. The molecular weight excluding hydrogens is 423 g/mol. The molecule has 0 radical (unpaired) electrons. The Labute approximate surface area is 180 Å². The Hall–Kier alpha value is -2.85. The number of rotatable bonds is 4. The van der Waals surface area contributed by atoms with E-state index in [1.165, 1.54) is 12.1 Å². The Morgan fingerprint density at radius 1 is 1.37 bits per heavy atom. The molecule has 4 heterocycles. The zero-order chi connectivity index (χ0) is 20.7. The molecule has 1 aromatic carbocycles. The molecule has 1 fully saturated rings. The lowest BCUT2D eigenvalue weighted by Gasteiger charge is -2.31. The van der Waals surface area contributed by atoms with Gasteiger partial charge >= 0.3 is 0 Å². The molecule has 0 spiro atoms. The molecule has 1 N–H and O–H groups in total. The summed E-state index contributed by atoms with van der Waals surface area (Å²) in [5.74, 6) is 0.484. The third-order valence-electron chi connectivity index (χ3n) is 5.30. The number of fused-ring (bicyclic) bond motifs is 1. The highest BCUT2D eigenvalue weighted by molar-refractivity contribution is 7.15. The minimum atomic E-state index is -0.298. The molecule has 0 aliphatic carbocycles. The van der Waals surface area contributed by atoms with Crippen molar-refractivity contribution in [2.24, 2.45) is 0 Å². The van der Waals surface area contributed by atoms with Gasteiger partial charge in [-0.05, 0) is 49.5 Å². The van der Waals surface area contributed by atoms with Crippen molar-refractivity contribution >= 4 is 45.2 Å². The van der Waals surface area contributed by atoms with E-state index < -0.39 is 0 Å². The molecule has 154 valence electrons. The highest BCUT2D eigenvalue weighted by atomic mass is 32.1. The van der Waals surface area contributed by atoms with Crippen LogP contribution in [0.5, 0.6) is 0 Å². The summed E-state index contributed by atoms with van der Waals surface area (Å²) < 4.78 is 19.5. The molecular formula is C20H19FN6OS2. The number of nitrogens with one attached hydrogen (secondary N) is 1. The quantitative estimate of drug-likeness (QED) is 0.505. The van der Waals surface area contributed by atoms with E-state index in [4.69, 9.17) is 4.98 Å². The van der Waals surface area contributed by atoms with Gasteiger partial charge in [0.15, 0.2) is 0 Å². The van der Waals surface area contributed by atoms with Crippen LogP contribution < -0.4 is 5.32 Å². The lowest BCUT2D eigenvalue weighted by atomic mass is 9.95. The van der Waals surface area contributed by atoms with E-state index in [-0.39, 0.29) is 17.6 Å². The van der Waals surface area contributed by atoms with Crippen LogP contribution in [-0.4, -0.2) is 42.9 Å². The summed E-state index contributed by atoms with van der Waals surface area (Å²) in [5, 5.41) is 9.19. The average Bonchev–Trinajstić information content (AvgIpc) is 3.46. The van der Waals surface area contributed by atoms with E-state index in [0.717, 1.165) is 41.4 Å². The van der Waals surface area contributed by atoms with Crippen molar-refractivity contribution in [3.63, 3.8) is 0 Å². The van der Waals surface area contributed by atoms with Crippen molar-refractivity contribution in [1.29, 1.82) is 0 Å². The number of anilines is 2. The standard InChI is InChI=1S/C20H19FN6OS2/c1-12-17(30-25-24-12)18(28)26-7-3-4-13(11-26)16-19-27(8-9-29-19)20(23-16)22-15-6-2-5-14(21)10-15/h2,5-6,8-10,13H,3-4,7,11H2,1H3,(H,22,23)/t13-/m1/s1. The van der Waals surface area contributed by atoms with Gasteiger partial charge in [0.05, 0.1) is 11.4 Å². The molecule has 0 bridgehead atoms. The van der Waals surface area contributed by atoms with Gasteiger partial charge in [-0.2, -0.15) is 0 Å². The van der Waals surface area contributed by atoms with Gasteiger partial charge in [0.1, 0.15) is 15.5 Å². The lowest BCUT2D eigenvalue weighted by Crippen LogP contribution is -2.39. The second kappa shape index (κ2) is 7.77. The van der Waals surface area contributed by atoms with Crippen LogP contribution >= 0.6 is 22.9 Å². The van der Waals surface area contributed by atoms with Gasteiger partial charge < -0.3 is 10.2 Å². The van der Waals surface area contributed by atoms with Crippen LogP contribution in [0.4, 0.5) is 16.0 Å². The van der Waals surface area contributed by atoms with Crippen molar-refractivity contribution in [1.82, 2.24) is 23.9 Å². The van der Waals surface area contributed by atoms with E-state index in [2.05, 4.69) is 14.9 Å². The van der Waals surface area contributed by atoms with Crippen LogP contribution in [0.1, 0.15) is 39.8 Å². The molecule has 4 aromatic rings. The topological polar surface area (TPSA) is 75.4 Å². The van der Waals surface area contributed by atoms with Gasteiger partial charge in [0, 0.05) is 36.3 Å². The fraction of sp³-hybridized carbons (Fsp3) is 0.300. The van der Waals surface area contributed by atoms with E-state index in [9.17, 15) is 9.18 Å². The number of piperidine rings is 1. The smallest absolute Gasteiger partial charge is 0.267 e. The number of aryl methyl sites for hydroxylation is 1. The molecule has 1 atom stereocenters. The van der Waals surface area contributed by atoms with Gasteiger partial charge in [-0.1, -0.05) is 10.6 Å². The fourth-order valence-corrected chi connectivity index (χ4v) is 5.38. The number of carbonyl (C=O) groups excluding carboxylic acids is 1. The first-order chi connectivity index (χ1) is 14.6. The monoisotopic (exact) mass is 442 g/mol. The van der Waals surface area contributed by atoms with Gasteiger partial charge in [0.2, 0.25) is 5.95 Å². The summed E-state index contributed by atoms with van der Waals surface area (Å²) in [6.07, 6.45) is 3.84. The van der Waals surface area contributed by atoms with Crippen molar-refractivity contribution < 1.29 is 9.18 Å². The Morgan fingerprint density at radius 3 is 3.07 bits per heavy atom. The number of hydrogen-bond acceptors (Lipinski definition) is 7. The average molecular weight is 443 g/mol. The molecule has 1 aliphatic heterocycles. The Balaban J connectivity index is 1.42. The largest absolute Gasteiger partial charge is 0.337 e. The third-order valence-corrected chi connectivity index (χ3v) is 7.01. The van der Waals surface area contributed by atoms with E-state index in [1.807, 2.05) is 33.9 Å². The first kappa shape index (κ1) is 19.1. The lowest BCUT2D eigenvalue weighted by molar-refractivity contribution is 0.0710. The predicted molar refractivity (Wildman–Crippen MR) is 115 cm³/mol. The summed E-state index contributed by atoms with van der Waals surface area (Å²) in [6.45, 7) is 3.15. The molecule has 3 aromatic heterocycles. The molecule has 1 saturated heterocycles. The number of halogens is 1. The van der Waals surface area contributed by atoms with Crippen molar-refractivity contribution in [3.05, 3.63) is 57.9 Å². The van der Waals surface area contributed by atoms with Crippen LogP contribution in [0.15, 0.2) is 35.8 Å². The SMILES string of the molecule is Cc1nnsc1C(=O)N1CCC[C@@H](c2nc(Nc3cccc(F)c3)n3ccsc23)C1. The number of carbonyl (C=O) groups is 1. The number of benzene rings is 1. The Bertz CT molecular complexity index is 1220. The van der Waals surface area contributed by atoms with Crippen LogP contribution in [0.3, 0.4) is 0 Å². The van der Waals surface area contributed by atoms with Crippen LogP contribution in [-0.2, 0) is 0 Å². The van der Waals surface area contributed by atoms with Gasteiger partial charge in [-0.3, -0.25) is 9.20 Å². The maximum Gasteiger partial charge on any atom is 0.267 e. The number of likely N-dealkylation sites (tertiary alicyclic amines) is 1. The first-order valence-electron chi connectivity index (χ1n) is 9.66. The molecule has 0 unspecified atom stereocenters. The van der Waals surface area contributed by atoms with E-state index >= 15 is 0 Å². The highest BCUT2D eigenvalue weighted by Crippen LogP contribution is 2.34. The molecule has 1 amide bonds. The number of aromatic nitrogens is 4. The molecule has 30 heavy (non-hydrogen) atoms. The normalized spacial score (nSPS) is 16.9. The molecule has 7 nitrogen and oxygen atoms in total. The zero-order valence-electron chi connectivity index (χ0n) is 16.2. The molecule has 10 heteroatoms. The van der Waals surface area contributed by atoms with Crippen LogP contribution in [0.2, 0.25) is 0 Å². The van der Waals surface area contributed by atoms with Crippen molar-refractivity contribution in [2.45, 2.75) is 25.7 Å². The van der Waals surface area contributed by atoms with E-state index in [0.29, 0.717) is 28.8 Å². The number of imidazole rings is 1. The first-order valence-corrected chi connectivity index (χ1v) is 11.3. The Kier molecular flexibility index (Phi) is 4.95. The summed E-state index contributed by atoms with van der Waals surface area (Å²) in [7, 11) is 0. The Morgan fingerprint density at radius 2 is 2.27 bits per heavy atom. The van der Waals surface area contributed by atoms with E-state index in [1.54, 1.807) is 17.4 Å². The summed E-state index contributed by atoms with van der Waals surface area (Å²) >= 11 is 2.77. The summed E-state index contributed by atoms with van der Waals surface area (Å²) in [5.41, 5.74) is 2.30. The van der Waals surface area contributed by atoms with Crippen molar-refractivity contribution in [3.8, 4) is 0 Å².